The Hall–Kier alpha value is -1.50. The van der Waals surface area contributed by atoms with Crippen molar-refractivity contribution in [1.29, 1.82) is 0 Å². The Morgan fingerprint density at radius 2 is 2.00 bits per heavy atom. The fraction of sp³-hybridized carbons (Fsp3) is 0.533. The van der Waals surface area contributed by atoms with E-state index >= 15 is 0 Å². The summed E-state index contributed by atoms with van der Waals surface area (Å²) in [6.07, 6.45) is 3.23. The van der Waals surface area contributed by atoms with E-state index in [1.807, 2.05) is 0 Å². The lowest BCUT2D eigenvalue weighted by atomic mass is 10.2. The minimum atomic E-state index is -1.02. The van der Waals surface area contributed by atoms with Gasteiger partial charge < -0.3 is 10.2 Å². The number of hydrogen-bond donors (Lipinski definition) is 1. The minimum absolute atomic E-state index is 0.0123. The molecule has 0 aliphatic heterocycles. The third-order valence-electron chi connectivity index (χ3n) is 3.49. The van der Waals surface area contributed by atoms with Crippen LogP contribution in [0, 0.1) is 11.6 Å². The van der Waals surface area contributed by atoms with Crippen molar-refractivity contribution < 1.29 is 17.8 Å². The average Bonchev–Trinajstić information content (AvgIpc) is 3.21. The molecule has 1 fully saturated rings. The molecule has 1 aromatic carbocycles. The number of benzene rings is 1. The van der Waals surface area contributed by atoms with E-state index in [0.717, 1.165) is 12.8 Å². The second-order valence-corrected chi connectivity index (χ2v) is 7.13. The van der Waals surface area contributed by atoms with Crippen LogP contribution in [0.5, 0.6) is 0 Å². The summed E-state index contributed by atoms with van der Waals surface area (Å²) in [7, 11) is -1.02. The van der Waals surface area contributed by atoms with Crippen molar-refractivity contribution >= 4 is 16.8 Å². The van der Waals surface area contributed by atoms with Crippen molar-refractivity contribution in [2.45, 2.75) is 38.4 Å². The van der Waals surface area contributed by atoms with Crippen molar-refractivity contribution in [2.24, 2.45) is 0 Å². The molecule has 0 bridgehead atoms. The third kappa shape index (κ3) is 4.50. The summed E-state index contributed by atoms with van der Waals surface area (Å²) >= 11 is 0. The number of carbonyl (C=O) groups excluding carboxylic acids is 1. The summed E-state index contributed by atoms with van der Waals surface area (Å²) in [4.78, 5) is 13.8. The van der Waals surface area contributed by atoms with Crippen LogP contribution < -0.4 is 5.32 Å². The van der Waals surface area contributed by atoms with Gasteiger partial charge in [0, 0.05) is 40.5 Å². The van der Waals surface area contributed by atoms with E-state index in [4.69, 9.17) is 0 Å². The Labute approximate surface area is 131 Å². The lowest BCUT2D eigenvalue weighted by Gasteiger charge is -2.25. The highest BCUT2D eigenvalue weighted by atomic mass is 32.2. The topological polar surface area (TPSA) is 49.4 Å². The fourth-order valence-electron chi connectivity index (χ4n) is 2.29. The predicted molar refractivity (Wildman–Crippen MR) is 81.9 cm³/mol. The second-order valence-electron chi connectivity index (χ2n) is 5.65. The van der Waals surface area contributed by atoms with Crippen molar-refractivity contribution in [3.8, 4) is 0 Å². The van der Waals surface area contributed by atoms with Gasteiger partial charge in [-0.25, -0.2) is 13.6 Å². The molecule has 1 aromatic rings. The van der Waals surface area contributed by atoms with E-state index in [-0.39, 0.29) is 30.2 Å². The molecule has 122 valence electrons. The summed E-state index contributed by atoms with van der Waals surface area (Å²) in [5.74, 6) is -0.958. The number of carbonyl (C=O) groups is 1. The summed E-state index contributed by atoms with van der Waals surface area (Å²) < 4.78 is 38.7. The lowest BCUT2D eigenvalue weighted by molar-refractivity contribution is 0.188. The Bertz CT molecular complexity index is 558. The second kappa shape index (κ2) is 7.17. The zero-order chi connectivity index (χ0) is 16.3. The molecule has 2 amide bonds. The molecule has 1 aliphatic rings. The number of rotatable bonds is 6. The molecule has 4 nitrogen and oxygen atoms in total. The molecule has 2 unspecified atom stereocenters. The number of nitrogens with one attached hydrogen (secondary N) is 1. The van der Waals surface area contributed by atoms with Gasteiger partial charge in [0.1, 0.15) is 11.6 Å². The van der Waals surface area contributed by atoms with Crippen LogP contribution in [-0.4, -0.2) is 39.2 Å². The van der Waals surface area contributed by atoms with Gasteiger partial charge in [0.05, 0.1) is 6.54 Å². The van der Waals surface area contributed by atoms with Crippen LogP contribution >= 0.6 is 0 Å². The molecule has 2 atom stereocenters. The van der Waals surface area contributed by atoms with Crippen molar-refractivity contribution in [2.75, 3.05) is 12.0 Å². The summed E-state index contributed by atoms with van der Waals surface area (Å²) in [5, 5.41) is 2.74. The van der Waals surface area contributed by atoms with Crippen LogP contribution in [0.1, 0.15) is 25.3 Å². The molecule has 1 N–H and O–H groups in total. The Morgan fingerprint density at radius 1 is 1.41 bits per heavy atom. The molecule has 2 rings (SSSR count). The third-order valence-corrected chi connectivity index (χ3v) is 4.46. The van der Waals surface area contributed by atoms with Gasteiger partial charge in [-0.2, -0.15) is 0 Å². The Kier molecular flexibility index (Phi) is 5.50. The van der Waals surface area contributed by atoms with Crippen LogP contribution in [0.25, 0.3) is 0 Å². The van der Waals surface area contributed by atoms with Gasteiger partial charge in [-0.1, -0.05) is 6.07 Å². The summed E-state index contributed by atoms with van der Waals surface area (Å²) in [5.41, 5.74) is -0.101. The van der Waals surface area contributed by atoms with E-state index in [0.29, 0.717) is 5.75 Å². The number of nitrogens with zero attached hydrogens (tertiary/aromatic N) is 1. The molecule has 1 aliphatic carbocycles. The zero-order valence-corrected chi connectivity index (χ0v) is 13.5. The standard InChI is InChI=1S/C15H20F2N2O2S/c1-10(9-22(2)21)18-15(20)19(11-6-7-11)8-12-13(16)4-3-5-14(12)17/h3-5,10-11H,6-9H2,1-2H3,(H,18,20). The maximum absolute atomic E-state index is 13.8. The molecule has 0 radical (unpaired) electrons. The van der Waals surface area contributed by atoms with Crippen LogP contribution in [0.4, 0.5) is 13.6 Å². The van der Waals surface area contributed by atoms with Crippen molar-refractivity contribution in [3.63, 3.8) is 0 Å². The number of halogens is 2. The van der Waals surface area contributed by atoms with E-state index in [2.05, 4.69) is 5.32 Å². The van der Waals surface area contributed by atoms with E-state index < -0.39 is 22.4 Å². The van der Waals surface area contributed by atoms with E-state index in [1.165, 1.54) is 23.1 Å². The molecule has 0 saturated heterocycles. The highest BCUT2D eigenvalue weighted by Crippen LogP contribution is 2.29. The molecule has 0 heterocycles. The van der Waals surface area contributed by atoms with Gasteiger partial charge in [0.2, 0.25) is 0 Å². The van der Waals surface area contributed by atoms with E-state index in [1.54, 1.807) is 13.2 Å². The first kappa shape index (κ1) is 16.9. The number of hydrogen-bond acceptors (Lipinski definition) is 2. The monoisotopic (exact) mass is 330 g/mol. The van der Waals surface area contributed by atoms with Gasteiger partial charge in [-0.3, -0.25) is 4.21 Å². The maximum Gasteiger partial charge on any atom is 0.318 e. The first-order chi connectivity index (χ1) is 10.4. The smallest absolute Gasteiger partial charge is 0.318 e. The largest absolute Gasteiger partial charge is 0.335 e. The molecule has 1 saturated carbocycles. The van der Waals surface area contributed by atoms with Crippen molar-refractivity contribution in [3.05, 3.63) is 35.4 Å². The van der Waals surface area contributed by atoms with Gasteiger partial charge in [-0.15, -0.1) is 0 Å². The van der Waals surface area contributed by atoms with Crippen LogP contribution in [0.3, 0.4) is 0 Å². The van der Waals surface area contributed by atoms with Gasteiger partial charge in [0.25, 0.3) is 0 Å². The van der Waals surface area contributed by atoms with Crippen LogP contribution in [0.2, 0.25) is 0 Å². The molecule has 0 aromatic heterocycles. The Morgan fingerprint density at radius 3 is 2.50 bits per heavy atom. The average molecular weight is 330 g/mol. The van der Waals surface area contributed by atoms with E-state index in [9.17, 15) is 17.8 Å². The molecule has 0 spiro atoms. The Balaban J connectivity index is 2.07. The first-order valence-electron chi connectivity index (χ1n) is 7.18. The molecule has 7 heteroatoms. The maximum atomic E-state index is 13.8. The summed E-state index contributed by atoms with van der Waals surface area (Å²) in [6, 6.07) is 3.05. The molecular weight excluding hydrogens is 310 g/mol. The minimum Gasteiger partial charge on any atom is -0.335 e. The van der Waals surface area contributed by atoms with Crippen LogP contribution in [-0.2, 0) is 17.3 Å². The zero-order valence-electron chi connectivity index (χ0n) is 12.6. The quantitative estimate of drug-likeness (QED) is 0.871. The molecular formula is C15H20F2N2O2S. The SMILES string of the molecule is CC(CS(C)=O)NC(=O)N(Cc1c(F)cccc1F)C1CC1. The normalized spacial score (nSPS) is 16.9. The number of amides is 2. The predicted octanol–water partition coefficient (Wildman–Crippen LogP) is 2.41. The van der Waals surface area contributed by atoms with Gasteiger partial charge in [-0.05, 0) is 31.9 Å². The highest BCUT2D eigenvalue weighted by molar-refractivity contribution is 7.84. The highest BCUT2D eigenvalue weighted by Gasteiger charge is 2.34. The van der Waals surface area contributed by atoms with Gasteiger partial charge >= 0.3 is 6.03 Å². The summed E-state index contributed by atoms with van der Waals surface area (Å²) in [6.45, 7) is 1.66. The van der Waals surface area contributed by atoms with Gasteiger partial charge in [0.15, 0.2) is 0 Å². The molecule has 22 heavy (non-hydrogen) atoms. The van der Waals surface area contributed by atoms with Crippen molar-refractivity contribution in [1.82, 2.24) is 10.2 Å². The fourth-order valence-corrected chi connectivity index (χ4v) is 3.08. The van der Waals surface area contributed by atoms with Crippen LogP contribution in [0.15, 0.2) is 18.2 Å². The number of urea groups is 1. The lowest BCUT2D eigenvalue weighted by Crippen LogP contribution is -2.46. The first-order valence-corrected chi connectivity index (χ1v) is 8.91.